The first-order chi connectivity index (χ1) is 12.0. The van der Waals surface area contributed by atoms with Crippen LogP contribution in [-0.4, -0.2) is 57.2 Å². The van der Waals surface area contributed by atoms with Crippen molar-refractivity contribution in [3.05, 3.63) is 35.4 Å². The molecule has 1 aromatic rings. The van der Waals surface area contributed by atoms with E-state index in [0.29, 0.717) is 12.6 Å². The van der Waals surface area contributed by atoms with E-state index >= 15 is 0 Å². The number of nitrogens with one attached hydrogen (secondary N) is 2. The molecule has 0 aliphatic carbocycles. The Morgan fingerprint density at radius 1 is 1.32 bits per heavy atom. The smallest absolute Gasteiger partial charge is 0.243 e. The van der Waals surface area contributed by atoms with Gasteiger partial charge in [-0.15, -0.1) is 0 Å². The van der Waals surface area contributed by atoms with Crippen LogP contribution in [0, 0.1) is 6.92 Å². The number of carbonyl (C=O) groups excluding carboxylic acids is 1. The summed E-state index contributed by atoms with van der Waals surface area (Å²) in [4.78, 5) is 17.8. The first-order valence-corrected chi connectivity index (χ1v) is 8.84. The SMILES string of the molecule is CCOCCCNC(=NCC(=O)N(C)C)NC(C)c1ccccc1C. The molecule has 0 heterocycles. The van der Waals surface area contributed by atoms with Crippen LogP contribution in [0.4, 0.5) is 0 Å². The number of benzene rings is 1. The molecule has 0 fully saturated rings. The molecule has 0 aliphatic rings. The average Bonchev–Trinajstić information content (AvgIpc) is 2.59. The molecular formula is C19H32N4O2. The number of carbonyl (C=O) groups is 1. The number of rotatable bonds is 9. The Morgan fingerprint density at radius 2 is 2.04 bits per heavy atom. The number of ether oxygens (including phenoxy) is 1. The van der Waals surface area contributed by atoms with Crippen LogP contribution in [0.3, 0.4) is 0 Å². The molecule has 0 aromatic heterocycles. The molecule has 0 saturated heterocycles. The van der Waals surface area contributed by atoms with Gasteiger partial charge in [-0.25, -0.2) is 4.99 Å². The van der Waals surface area contributed by atoms with E-state index in [4.69, 9.17) is 4.74 Å². The lowest BCUT2D eigenvalue weighted by molar-refractivity contribution is -0.127. The Morgan fingerprint density at radius 3 is 2.68 bits per heavy atom. The standard InChI is InChI=1S/C19H32N4O2/c1-6-25-13-9-12-20-19(21-14-18(24)23(4)5)22-16(3)17-11-8-7-10-15(17)2/h7-8,10-11,16H,6,9,12-14H2,1-5H3,(H2,20,21,22). The van der Waals surface area contributed by atoms with Gasteiger partial charge in [-0.3, -0.25) is 4.79 Å². The fourth-order valence-corrected chi connectivity index (χ4v) is 2.32. The summed E-state index contributed by atoms with van der Waals surface area (Å²) in [6.45, 7) is 8.46. The van der Waals surface area contributed by atoms with E-state index in [1.807, 2.05) is 19.1 Å². The van der Waals surface area contributed by atoms with Gasteiger partial charge in [0.15, 0.2) is 5.96 Å². The lowest BCUT2D eigenvalue weighted by atomic mass is 10.0. The van der Waals surface area contributed by atoms with Crippen molar-refractivity contribution in [3.63, 3.8) is 0 Å². The van der Waals surface area contributed by atoms with Gasteiger partial charge in [0.05, 0.1) is 6.04 Å². The van der Waals surface area contributed by atoms with Gasteiger partial charge in [-0.1, -0.05) is 24.3 Å². The summed E-state index contributed by atoms with van der Waals surface area (Å²) in [7, 11) is 3.47. The molecule has 0 bridgehead atoms. The minimum Gasteiger partial charge on any atom is -0.382 e. The number of amides is 1. The van der Waals surface area contributed by atoms with Crippen molar-refractivity contribution < 1.29 is 9.53 Å². The first-order valence-electron chi connectivity index (χ1n) is 8.84. The number of aliphatic imine (C=N–C) groups is 1. The van der Waals surface area contributed by atoms with Gasteiger partial charge in [0.2, 0.25) is 5.91 Å². The Hall–Kier alpha value is -2.08. The summed E-state index contributed by atoms with van der Waals surface area (Å²) in [6, 6.07) is 8.35. The van der Waals surface area contributed by atoms with Gasteiger partial charge in [0.1, 0.15) is 6.54 Å². The topological polar surface area (TPSA) is 66.0 Å². The second kappa shape index (κ2) is 11.5. The second-order valence-corrected chi connectivity index (χ2v) is 6.15. The Bertz CT molecular complexity index is 558. The predicted molar refractivity (Wildman–Crippen MR) is 103 cm³/mol. The van der Waals surface area contributed by atoms with Crippen molar-refractivity contribution in [1.29, 1.82) is 0 Å². The molecular weight excluding hydrogens is 316 g/mol. The molecule has 6 nitrogen and oxygen atoms in total. The van der Waals surface area contributed by atoms with Crippen molar-refractivity contribution in [2.45, 2.75) is 33.2 Å². The van der Waals surface area contributed by atoms with Crippen molar-refractivity contribution in [3.8, 4) is 0 Å². The molecule has 1 atom stereocenters. The van der Waals surface area contributed by atoms with Crippen LogP contribution in [0.15, 0.2) is 29.3 Å². The van der Waals surface area contributed by atoms with Crippen LogP contribution in [-0.2, 0) is 9.53 Å². The monoisotopic (exact) mass is 348 g/mol. The van der Waals surface area contributed by atoms with Gasteiger partial charge < -0.3 is 20.3 Å². The Balaban J connectivity index is 2.70. The maximum absolute atomic E-state index is 11.8. The lowest BCUT2D eigenvalue weighted by Gasteiger charge is -2.20. The van der Waals surface area contributed by atoms with Gasteiger partial charge in [-0.05, 0) is 38.3 Å². The summed E-state index contributed by atoms with van der Waals surface area (Å²) in [5, 5.41) is 6.67. The maximum Gasteiger partial charge on any atom is 0.243 e. The number of hydrogen-bond acceptors (Lipinski definition) is 3. The molecule has 25 heavy (non-hydrogen) atoms. The molecule has 0 saturated carbocycles. The molecule has 1 rings (SSSR count). The molecule has 0 aliphatic heterocycles. The second-order valence-electron chi connectivity index (χ2n) is 6.15. The zero-order valence-electron chi connectivity index (χ0n) is 16.1. The van der Waals surface area contributed by atoms with E-state index in [0.717, 1.165) is 19.6 Å². The molecule has 1 unspecified atom stereocenters. The van der Waals surface area contributed by atoms with Gasteiger partial charge in [-0.2, -0.15) is 0 Å². The zero-order valence-corrected chi connectivity index (χ0v) is 16.1. The van der Waals surface area contributed by atoms with Crippen LogP contribution in [0.1, 0.15) is 37.4 Å². The van der Waals surface area contributed by atoms with Gasteiger partial charge in [0, 0.05) is 33.9 Å². The minimum atomic E-state index is -0.0287. The molecule has 2 N–H and O–H groups in total. The highest BCUT2D eigenvalue weighted by Crippen LogP contribution is 2.16. The van der Waals surface area contributed by atoms with Gasteiger partial charge >= 0.3 is 0 Å². The van der Waals surface area contributed by atoms with Crippen molar-refractivity contribution in [1.82, 2.24) is 15.5 Å². The summed E-state index contributed by atoms with van der Waals surface area (Å²) in [5.74, 6) is 0.612. The van der Waals surface area contributed by atoms with E-state index in [9.17, 15) is 4.79 Å². The van der Waals surface area contributed by atoms with Gasteiger partial charge in [0.25, 0.3) is 0 Å². The van der Waals surface area contributed by atoms with Crippen molar-refractivity contribution in [2.75, 3.05) is 40.4 Å². The van der Waals surface area contributed by atoms with E-state index in [-0.39, 0.29) is 18.5 Å². The summed E-state index contributed by atoms with van der Waals surface area (Å²) < 4.78 is 5.35. The Kier molecular flexibility index (Phi) is 9.62. The van der Waals surface area contributed by atoms with Crippen LogP contribution in [0.2, 0.25) is 0 Å². The average molecular weight is 348 g/mol. The molecule has 6 heteroatoms. The zero-order chi connectivity index (χ0) is 18.7. The lowest BCUT2D eigenvalue weighted by Crippen LogP contribution is -2.40. The number of nitrogens with zero attached hydrogens (tertiary/aromatic N) is 2. The fraction of sp³-hybridized carbons (Fsp3) is 0.579. The Labute approximate surface area is 151 Å². The highest BCUT2D eigenvalue weighted by atomic mass is 16.5. The molecule has 1 aromatic carbocycles. The summed E-state index contributed by atoms with van der Waals surface area (Å²) in [5.41, 5.74) is 2.44. The molecule has 0 radical (unpaired) electrons. The van der Waals surface area contributed by atoms with Crippen LogP contribution in [0.25, 0.3) is 0 Å². The highest BCUT2D eigenvalue weighted by molar-refractivity contribution is 5.85. The number of hydrogen-bond donors (Lipinski definition) is 2. The van der Waals surface area contributed by atoms with E-state index < -0.39 is 0 Å². The first kappa shape index (κ1) is 21.0. The van der Waals surface area contributed by atoms with E-state index in [2.05, 4.69) is 41.6 Å². The van der Waals surface area contributed by atoms with E-state index in [1.165, 1.54) is 11.1 Å². The minimum absolute atomic E-state index is 0.0287. The number of aryl methyl sites for hydroxylation is 1. The van der Waals surface area contributed by atoms with Crippen molar-refractivity contribution in [2.24, 2.45) is 4.99 Å². The largest absolute Gasteiger partial charge is 0.382 e. The third-order valence-electron chi connectivity index (χ3n) is 3.84. The predicted octanol–water partition coefficient (Wildman–Crippen LogP) is 2.11. The van der Waals surface area contributed by atoms with E-state index in [1.54, 1.807) is 19.0 Å². The fourth-order valence-electron chi connectivity index (χ4n) is 2.32. The quantitative estimate of drug-likeness (QED) is 0.407. The van der Waals surface area contributed by atoms with Crippen LogP contribution in [0.5, 0.6) is 0 Å². The van der Waals surface area contributed by atoms with Crippen molar-refractivity contribution >= 4 is 11.9 Å². The highest BCUT2D eigenvalue weighted by Gasteiger charge is 2.11. The molecule has 1 amide bonds. The summed E-state index contributed by atoms with van der Waals surface area (Å²) >= 11 is 0. The summed E-state index contributed by atoms with van der Waals surface area (Å²) in [6.07, 6.45) is 0.884. The number of likely N-dealkylation sites (N-methyl/N-ethyl adjacent to an activating group) is 1. The van der Waals surface area contributed by atoms with Crippen LogP contribution < -0.4 is 10.6 Å². The normalized spacial score (nSPS) is 12.6. The van der Waals surface area contributed by atoms with Crippen LogP contribution >= 0.6 is 0 Å². The number of guanidine groups is 1. The molecule has 140 valence electrons. The maximum atomic E-state index is 11.8. The molecule has 0 spiro atoms. The third kappa shape index (κ3) is 8.03. The third-order valence-corrected chi connectivity index (χ3v) is 3.84.